The summed E-state index contributed by atoms with van der Waals surface area (Å²) in [6.45, 7) is 6.42. The van der Waals surface area contributed by atoms with Gasteiger partial charge in [-0.1, -0.05) is 32.5 Å². The zero-order chi connectivity index (χ0) is 11.0. The second-order valence-electron chi connectivity index (χ2n) is 3.14. The third kappa shape index (κ3) is 3.59. The van der Waals surface area contributed by atoms with Crippen molar-refractivity contribution >= 4 is 16.9 Å². The van der Waals surface area contributed by atoms with Crippen LogP contribution in [0.2, 0.25) is 0 Å². The maximum atomic E-state index is 8.53. The molecule has 0 spiro atoms. The zero-order valence-corrected chi connectivity index (χ0v) is 10.2. The lowest BCUT2D eigenvalue weighted by Gasteiger charge is -2.26. The lowest BCUT2D eigenvalue weighted by atomic mass is 9.91. The molecule has 0 heterocycles. The fourth-order valence-electron chi connectivity index (χ4n) is 1.38. The van der Waals surface area contributed by atoms with E-state index >= 15 is 0 Å². The van der Waals surface area contributed by atoms with E-state index in [1.54, 1.807) is 0 Å². The average Bonchev–Trinajstić information content (AvgIpc) is 2.25. The van der Waals surface area contributed by atoms with Gasteiger partial charge < -0.3 is 0 Å². The Morgan fingerprint density at radius 2 is 1.86 bits per heavy atom. The first-order valence-corrected chi connectivity index (χ1v) is 6.19. The molecule has 0 amide bonds. The topological polar surface area (TPSA) is 48.2 Å². The Balaban J connectivity index is 4.75. The SMILES string of the molecule is CCC(CC)(CC)N=C(NC#N)SC. The van der Waals surface area contributed by atoms with E-state index < -0.39 is 0 Å². The molecule has 0 rings (SSSR count). The first-order valence-electron chi connectivity index (χ1n) is 4.97. The summed E-state index contributed by atoms with van der Waals surface area (Å²) in [5.41, 5.74) is 0.00218. The Hall–Kier alpha value is -0.690. The van der Waals surface area contributed by atoms with Crippen molar-refractivity contribution in [2.45, 2.75) is 45.6 Å². The van der Waals surface area contributed by atoms with E-state index in [1.807, 2.05) is 12.4 Å². The summed E-state index contributed by atoms with van der Waals surface area (Å²) >= 11 is 1.48. The second-order valence-corrected chi connectivity index (χ2v) is 3.94. The minimum atomic E-state index is 0.00218. The van der Waals surface area contributed by atoms with Gasteiger partial charge >= 0.3 is 0 Å². The Bertz CT molecular complexity index is 218. The molecule has 0 aromatic carbocycles. The Morgan fingerprint density at radius 1 is 1.36 bits per heavy atom. The molecule has 0 unspecified atom stereocenters. The van der Waals surface area contributed by atoms with Crippen molar-refractivity contribution in [3.05, 3.63) is 0 Å². The largest absolute Gasteiger partial charge is 0.272 e. The molecule has 0 aliphatic rings. The van der Waals surface area contributed by atoms with Crippen LogP contribution in [0.15, 0.2) is 4.99 Å². The van der Waals surface area contributed by atoms with E-state index in [1.165, 1.54) is 11.8 Å². The van der Waals surface area contributed by atoms with Gasteiger partial charge in [0.05, 0.1) is 5.54 Å². The van der Waals surface area contributed by atoms with Gasteiger partial charge in [-0.15, -0.1) is 0 Å². The molecule has 14 heavy (non-hydrogen) atoms. The molecule has 0 bridgehead atoms. The van der Waals surface area contributed by atoms with Gasteiger partial charge in [0.15, 0.2) is 11.4 Å². The number of thioether (sulfide) groups is 1. The highest BCUT2D eigenvalue weighted by Crippen LogP contribution is 2.25. The molecule has 4 heteroatoms. The van der Waals surface area contributed by atoms with Gasteiger partial charge in [-0.2, -0.15) is 5.26 Å². The number of nitrogens with one attached hydrogen (secondary N) is 1. The molecule has 0 saturated carbocycles. The maximum Gasteiger partial charge on any atom is 0.183 e. The molecule has 0 saturated heterocycles. The third-order valence-corrected chi connectivity index (χ3v) is 3.25. The molecule has 0 aliphatic carbocycles. The van der Waals surface area contributed by atoms with Crippen LogP contribution in [0, 0.1) is 11.5 Å². The van der Waals surface area contributed by atoms with Gasteiger partial charge in [-0.05, 0) is 25.5 Å². The van der Waals surface area contributed by atoms with E-state index in [9.17, 15) is 0 Å². The van der Waals surface area contributed by atoms with Crippen LogP contribution in [-0.2, 0) is 0 Å². The van der Waals surface area contributed by atoms with Gasteiger partial charge in [0.25, 0.3) is 0 Å². The van der Waals surface area contributed by atoms with Crippen LogP contribution < -0.4 is 5.32 Å². The first-order chi connectivity index (χ1) is 6.67. The number of rotatable bonds is 4. The number of nitriles is 1. The molecule has 1 N–H and O–H groups in total. The number of nitrogens with zero attached hydrogens (tertiary/aromatic N) is 2. The fraction of sp³-hybridized carbons (Fsp3) is 0.800. The first kappa shape index (κ1) is 13.3. The lowest BCUT2D eigenvalue weighted by molar-refractivity contribution is 0.386. The van der Waals surface area contributed by atoms with Crippen LogP contribution in [0.1, 0.15) is 40.0 Å². The van der Waals surface area contributed by atoms with Crippen LogP contribution in [0.4, 0.5) is 0 Å². The Kier molecular flexibility index (Phi) is 6.39. The van der Waals surface area contributed by atoms with E-state index in [2.05, 4.69) is 31.1 Å². The minimum Gasteiger partial charge on any atom is -0.272 e. The molecule has 3 nitrogen and oxygen atoms in total. The predicted octanol–water partition coefficient (Wildman–Crippen LogP) is 2.74. The molecule has 0 aromatic heterocycles. The Labute approximate surface area is 91.0 Å². The number of hydrogen-bond donors (Lipinski definition) is 1. The molecule has 0 atom stereocenters. The van der Waals surface area contributed by atoms with Crippen molar-refractivity contribution < 1.29 is 0 Å². The lowest BCUT2D eigenvalue weighted by Crippen LogP contribution is -2.28. The number of hydrogen-bond acceptors (Lipinski definition) is 3. The van der Waals surface area contributed by atoms with Crippen LogP contribution in [0.25, 0.3) is 0 Å². The van der Waals surface area contributed by atoms with Crippen LogP contribution in [0.5, 0.6) is 0 Å². The molecule has 0 radical (unpaired) electrons. The molecule has 0 aromatic rings. The highest BCUT2D eigenvalue weighted by molar-refractivity contribution is 8.13. The average molecular weight is 213 g/mol. The van der Waals surface area contributed by atoms with E-state index in [-0.39, 0.29) is 5.54 Å². The van der Waals surface area contributed by atoms with Gasteiger partial charge in [-0.3, -0.25) is 10.3 Å². The van der Waals surface area contributed by atoms with Gasteiger partial charge in [0, 0.05) is 0 Å². The van der Waals surface area contributed by atoms with E-state index in [4.69, 9.17) is 5.26 Å². The number of amidine groups is 1. The smallest absolute Gasteiger partial charge is 0.183 e. The van der Waals surface area contributed by atoms with Gasteiger partial charge in [0.1, 0.15) is 0 Å². The third-order valence-electron chi connectivity index (χ3n) is 2.67. The van der Waals surface area contributed by atoms with Crippen LogP contribution in [0.3, 0.4) is 0 Å². The minimum absolute atomic E-state index is 0.00218. The quantitative estimate of drug-likeness (QED) is 0.338. The fourth-order valence-corrected chi connectivity index (χ4v) is 1.81. The molecular weight excluding hydrogens is 194 g/mol. The molecule has 0 aliphatic heterocycles. The van der Waals surface area contributed by atoms with Crippen molar-refractivity contribution in [3.63, 3.8) is 0 Å². The summed E-state index contributed by atoms with van der Waals surface area (Å²) in [4.78, 5) is 4.62. The molecule has 0 fully saturated rings. The normalized spacial score (nSPS) is 12.4. The molecular formula is C10H19N3S. The maximum absolute atomic E-state index is 8.53. The highest BCUT2D eigenvalue weighted by Gasteiger charge is 2.23. The van der Waals surface area contributed by atoms with Crippen molar-refractivity contribution in [1.82, 2.24) is 5.32 Å². The van der Waals surface area contributed by atoms with Crippen molar-refractivity contribution in [1.29, 1.82) is 5.26 Å². The van der Waals surface area contributed by atoms with Gasteiger partial charge in [-0.25, -0.2) is 0 Å². The van der Waals surface area contributed by atoms with Crippen LogP contribution >= 0.6 is 11.8 Å². The highest BCUT2D eigenvalue weighted by atomic mass is 32.2. The van der Waals surface area contributed by atoms with Crippen LogP contribution in [-0.4, -0.2) is 17.0 Å². The zero-order valence-electron chi connectivity index (χ0n) is 9.42. The van der Waals surface area contributed by atoms with E-state index in [0.29, 0.717) is 0 Å². The summed E-state index contributed by atoms with van der Waals surface area (Å²) in [5.74, 6) is 0. The summed E-state index contributed by atoms with van der Waals surface area (Å²) in [6, 6.07) is 0. The van der Waals surface area contributed by atoms with E-state index in [0.717, 1.165) is 24.4 Å². The van der Waals surface area contributed by atoms with Gasteiger partial charge in [0.2, 0.25) is 0 Å². The van der Waals surface area contributed by atoms with Crippen molar-refractivity contribution in [2.75, 3.05) is 6.26 Å². The monoisotopic (exact) mass is 213 g/mol. The summed E-state index contributed by atoms with van der Waals surface area (Å²) in [7, 11) is 0. The Morgan fingerprint density at radius 3 is 2.14 bits per heavy atom. The second kappa shape index (κ2) is 6.72. The predicted molar refractivity (Wildman–Crippen MR) is 63.3 cm³/mol. The number of aliphatic imine (C=N–C) groups is 1. The van der Waals surface area contributed by atoms with Crippen molar-refractivity contribution in [2.24, 2.45) is 4.99 Å². The molecule has 80 valence electrons. The van der Waals surface area contributed by atoms with Crippen molar-refractivity contribution in [3.8, 4) is 6.19 Å². The summed E-state index contributed by atoms with van der Waals surface area (Å²) < 4.78 is 0. The summed E-state index contributed by atoms with van der Waals surface area (Å²) in [6.07, 6.45) is 6.87. The standard InChI is InChI=1S/C10H19N3S/c1-5-10(6-2,7-3)13-9(14-4)12-8-11/h5-7H2,1-4H3,(H,12,13). The summed E-state index contributed by atoms with van der Waals surface area (Å²) in [5, 5.41) is 11.9.